The summed E-state index contributed by atoms with van der Waals surface area (Å²) in [5.41, 5.74) is 2.89. The van der Waals surface area contributed by atoms with Gasteiger partial charge in [-0.2, -0.15) is 0 Å². The number of thiazole rings is 1. The number of hydrogen-bond donors (Lipinski definition) is 0. The fourth-order valence-corrected chi connectivity index (χ4v) is 6.86. The van der Waals surface area contributed by atoms with Gasteiger partial charge >= 0.3 is 5.97 Å². The van der Waals surface area contributed by atoms with Gasteiger partial charge in [-0.15, -0.1) is 0 Å². The molecule has 7 nitrogen and oxygen atoms in total. The number of nitrogens with zero attached hydrogens (tertiary/aromatic N) is 2. The molecule has 228 valence electrons. The molecule has 0 spiro atoms. The Bertz CT molecular complexity index is 1920. The molecule has 2 heterocycles. The molecule has 0 bridgehead atoms. The first-order valence-corrected chi connectivity index (χ1v) is 16.4. The van der Waals surface area contributed by atoms with Crippen molar-refractivity contribution in [3.63, 3.8) is 0 Å². The van der Waals surface area contributed by atoms with E-state index in [4.69, 9.17) is 19.2 Å². The van der Waals surface area contributed by atoms with Crippen molar-refractivity contribution in [1.29, 1.82) is 0 Å². The van der Waals surface area contributed by atoms with Gasteiger partial charge < -0.3 is 14.2 Å². The van der Waals surface area contributed by atoms with Crippen molar-refractivity contribution >= 4 is 55.2 Å². The van der Waals surface area contributed by atoms with E-state index >= 15 is 0 Å². The second kappa shape index (κ2) is 14.0. The molecule has 0 radical (unpaired) electrons. The van der Waals surface area contributed by atoms with Crippen LogP contribution in [0.3, 0.4) is 0 Å². The van der Waals surface area contributed by atoms with Gasteiger partial charge in [0.2, 0.25) is 0 Å². The Morgan fingerprint density at radius 2 is 1.82 bits per heavy atom. The van der Waals surface area contributed by atoms with Crippen molar-refractivity contribution in [2.75, 3.05) is 13.7 Å². The van der Waals surface area contributed by atoms with Crippen molar-refractivity contribution in [3.05, 3.63) is 123 Å². The number of fused-ring (bicyclic) bond motifs is 1. The zero-order chi connectivity index (χ0) is 31.4. The summed E-state index contributed by atoms with van der Waals surface area (Å²) in [5.74, 6) is 0.331. The number of rotatable bonds is 10. The van der Waals surface area contributed by atoms with E-state index in [0.717, 1.165) is 22.0 Å². The highest BCUT2D eigenvalue weighted by molar-refractivity contribution is 9.10. The van der Waals surface area contributed by atoms with Gasteiger partial charge in [0.25, 0.3) is 5.56 Å². The summed E-state index contributed by atoms with van der Waals surface area (Å²) in [5, 5.41) is 0. The van der Waals surface area contributed by atoms with Crippen LogP contribution in [0.2, 0.25) is 0 Å². The van der Waals surface area contributed by atoms with Crippen LogP contribution >= 0.6 is 43.2 Å². The molecule has 11 heteroatoms. The SMILES string of the molecule is CCCC1=C(C(=O)OCC)[C@H](c2cc(Br)ccc2OC)n2c(s/c(=C/c3ccc(OCc4ccc(F)cc4)c(Br)c3)c2=O)=N1. The summed E-state index contributed by atoms with van der Waals surface area (Å²) in [4.78, 5) is 32.9. The zero-order valence-electron chi connectivity index (χ0n) is 24.2. The molecule has 4 aromatic rings. The van der Waals surface area contributed by atoms with Gasteiger partial charge in [0, 0.05) is 10.0 Å². The van der Waals surface area contributed by atoms with E-state index in [1.807, 2.05) is 37.3 Å². The summed E-state index contributed by atoms with van der Waals surface area (Å²) < 4.78 is 33.8. The van der Waals surface area contributed by atoms with Crippen molar-refractivity contribution in [2.24, 2.45) is 4.99 Å². The molecule has 0 aliphatic carbocycles. The summed E-state index contributed by atoms with van der Waals surface area (Å²) in [6.45, 7) is 4.23. The lowest BCUT2D eigenvalue weighted by atomic mass is 9.93. The molecule has 0 fully saturated rings. The number of hydrogen-bond acceptors (Lipinski definition) is 7. The van der Waals surface area contributed by atoms with Crippen LogP contribution in [0.4, 0.5) is 4.39 Å². The Kier molecular flexibility index (Phi) is 10.2. The number of esters is 1. The van der Waals surface area contributed by atoms with Gasteiger partial charge in [0.1, 0.15) is 30.0 Å². The maximum atomic E-state index is 14.1. The number of carbonyl (C=O) groups is 1. The maximum Gasteiger partial charge on any atom is 0.338 e. The van der Waals surface area contributed by atoms with Crippen LogP contribution in [-0.2, 0) is 16.1 Å². The third-order valence-electron chi connectivity index (χ3n) is 6.94. The second-order valence-electron chi connectivity index (χ2n) is 9.90. The van der Waals surface area contributed by atoms with Gasteiger partial charge in [-0.3, -0.25) is 9.36 Å². The molecule has 0 saturated heterocycles. The molecule has 1 atom stereocenters. The highest BCUT2D eigenvalue weighted by Crippen LogP contribution is 2.38. The number of allylic oxidation sites excluding steroid dienone is 1. The summed E-state index contributed by atoms with van der Waals surface area (Å²) in [7, 11) is 1.56. The van der Waals surface area contributed by atoms with Gasteiger partial charge in [-0.05, 0) is 88.9 Å². The normalized spacial score (nSPS) is 14.7. The molecular formula is C33H29Br2FN2O5S. The van der Waals surface area contributed by atoms with Crippen LogP contribution in [0, 0.1) is 5.82 Å². The second-order valence-corrected chi connectivity index (χ2v) is 12.7. The van der Waals surface area contributed by atoms with Crippen LogP contribution < -0.4 is 24.4 Å². The van der Waals surface area contributed by atoms with Crippen molar-refractivity contribution in [3.8, 4) is 11.5 Å². The van der Waals surface area contributed by atoms with E-state index in [2.05, 4.69) is 31.9 Å². The first-order chi connectivity index (χ1) is 21.2. The van der Waals surface area contributed by atoms with E-state index in [1.54, 1.807) is 42.9 Å². The van der Waals surface area contributed by atoms with Crippen LogP contribution in [-0.4, -0.2) is 24.3 Å². The summed E-state index contributed by atoms with van der Waals surface area (Å²) in [6, 6.07) is 16.4. The van der Waals surface area contributed by atoms with Crippen molar-refractivity contribution in [1.82, 2.24) is 4.57 Å². The largest absolute Gasteiger partial charge is 0.496 e. The molecule has 0 saturated carbocycles. The Morgan fingerprint density at radius 3 is 2.50 bits per heavy atom. The number of methoxy groups -OCH3 is 1. The lowest BCUT2D eigenvalue weighted by Crippen LogP contribution is -2.40. The molecule has 44 heavy (non-hydrogen) atoms. The highest BCUT2D eigenvalue weighted by Gasteiger charge is 2.36. The van der Waals surface area contributed by atoms with E-state index in [-0.39, 0.29) is 24.6 Å². The van der Waals surface area contributed by atoms with E-state index in [9.17, 15) is 14.0 Å². The number of halogens is 3. The fraction of sp³-hybridized carbons (Fsp3) is 0.242. The molecular weight excluding hydrogens is 715 g/mol. The Morgan fingerprint density at radius 1 is 1.07 bits per heavy atom. The zero-order valence-corrected chi connectivity index (χ0v) is 28.2. The van der Waals surface area contributed by atoms with Crippen LogP contribution in [0.5, 0.6) is 11.5 Å². The molecule has 1 aliphatic rings. The molecule has 1 aromatic heterocycles. The van der Waals surface area contributed by atoms with E-state index < -0.39 is 12.0 Å². The van der Waals surface area contributed by atoms with Crippen LogP contribution in [0.15, 0.2) is 90.7 Å². The minimum Gasteiger partial charge on any atom is -0.496 e. The molecule has 1 aliphatic heterocycles. The average Bonchev–Trinajstić information content (AvgIpc) is 3.31. The van der Waals surface area contributed by atoms with Gasteiger partial charge in [-0.25, -0.2) is 14.2 Å². The van der Waals surface area contributed by atoms with Crippen molar-refractivity contribution in [2.45, 2.75) is 39.3 Å². The molecule has 3 aromatic carbocycles. The van der Waals surface area contributed by atoms with Gasteiger partial charge in [0.05, 0.1) is 34.0 Å². The van der Waals surface area contributed by atoms with Gasteiger partial charge in [0.15, 0.2) is 4.80 Å². The number of carbonyl (C=O) groups excluding carboxylic acids is 1. The van der Waals surface area contributed by atoms with Crippen LogP contribution in [0.25, 0.3) is 6.08 Å². The number of aromatic nitrogens is 1. The van der Waals surface area contributed by atoms with E-state index in [1.165, 1.54) is 23.5 Å². The smallest absolute Gasteiger partial charge is 0.338 e. The van der Waals surface area contributed by atoms with Crippen LogP contribution in [0.1, 0.15) is 49.4 Å². The summed E-state index contributed by atoms with van der Waals surface area (Å²) >= 11 is 8.37. The van der Waals surface area contributed by atoms with Crippen molar-refractivity contribution < 1.29 is 23.4 Å². The lowest BCUT2D eigenvalue weighted by molar-refractivity contribution is -0.139. The predicted octanol–water partition coefficient (Wildman–Crippen LogP) is 6.83. The monoisotopic (exact) mass is 742 g/mol. The first kappa shape index (κ1) is 31.9. The third-order valence-corrected chi connectivity index (χ3v) is 9.04. The number of ether oxygens (including phenoxy) is 3. The standard InChI is InChI=1S/C33H29Br2FN2O5S/c1-4-6-25-29(32(40)42-5-2)30(23-17-21(34)10-14-26(23)41-3)38-31(39)28(44-33(38)37-25)16-20-9-13-27(24(35)15-20)43-18-19-7-11-22(36)12-8-19/h7-17,30H,4-6,18H2,1-3H3/b28-16+/t30-/m0/s1. The van der Waals surface area contributed by atoms with E-state index in [0.29, 0.717) is 48.6 Å². The molecule has 0 N–H and O–H groups in total. The molecule has 0 amide bonds. The third kappa shape index (κ3) is 6.74. The minimum atomic E-state index is -0.796. The maximum absolute atomic E-state index is 14.1. The highest BCUT2D eigenvalue weighted by atomic mass is 79.9. The fourth-order valence-electron chi connectivity index (χ4n) is 4.95. The van der Waals surface area contributed by atoms with Gasteiger partial charge in [-0.1, -0.05) is 58.8 Å². The summed E-state index contributed by atoms with van der Waals surface area (Å²) in [6.07, 6.45) is 3.09. The average molecular weight is 744 g/mol. The topological polar surface area (TPSA) is 79.1 Å². The lowest BCUT2D eigenvalue weighted by Gasteiger charge is -2.27. The first-order valence-electron chi connectivity index (χ1n) is 14.0. The Balaban J connectivity index is 1.60. The molecule has 0 unspecified atom stereocenters. The quantitative estimate of drug-likeness (QED) is 0.167. The minimum absolute atomic E-state index is 0.187. The Labute approximate surface area is 274 Å². The molecule has 5 rings (SSSR count). The predicted molar refractivity (Wildman–Crippen MR) is 175 cm³/mol. The Hall–Kier alpha value is -3.54. The number of benzene rings is 3.